The highest BCUT2D eigenvalue weighted by molar-refractivity contribution is 4.79. The van der Waals surface area contributed by atoms with Gasteiger partial charge in [-0.15, -0.1) is 0 Å². The van der Waals surface area contributed by atoms with Crippen molar-refractivity contribution in [2.45, 2.75) is 52.2 Å². The van der Waals surface area contributed by atoms with Gasteiger partial charge in [0.05, 0.1) is 12.7 Å². The molecule has 0 aromatic heterocycles. The first kappa shape index (κ1) is 11.0. The first-order valence-corrected chi connectivity index (χ1v) is 5.55. The Morgan fingerprint density at radius 2 is 2.00 bits per heavy atom. The summed E-state index contributed by atoms with van der Waals surface area (Å²) in [5, 5.41) is 3.51. The number of hydrogen-bond donors (Lipinski definition) is 1. The highest BCUT2D eigenvalue weighted by Gasteiger charge is 2.22. The summed E-state index contributed by atoms with van der Waals surface area (Å²) < 4.78 is 5.46. The van der Waals surface area contributed by atoms with E-state index in [0.717, 1.165) is 19.1 Å². The molecule has 1 N–H and O–H groups in total. The minimum Gasteiger partial charge on any atom is -0.377 e. The highest BCUT2D eigenvalue weighted by Crippen LogP contribution is 2.29. The Kier molecular flexibility index (Phi) is 4.74. The largest absolute Gasteiger partial charge is 0.377 e. The van der Waals surface area contributed by atoms with E-state index in [1.807, 2.05) is 0 Å². The Morgan fingerprint density at radius 3 is 2.46 bits per heavy atom. The van der Waals surface area contributed by atoms with Crippen molar-refractivity contribution in [1.82, 2.24) is 5.32 Å². The van der Waals surface area contributed by atoms with E-state index in [9.17, 15) is 0 Å². The van der Waals surface area contributed by atoms with Gasteiger partial charge in [0.1, 0.15) is 0 Å². The molecule has 0 heterocycles. The topological polar surface area (TPSA) is 21.3 Å². The molecule has 78 valence electrons. The van der Waals surface area contributed by atoms with E-state index in [4.69, 9.17) is 4.74 Å². The molecule has 0 aliphatic heterocycles. The van der Waals surface area contributed by atoms with Crippen LogP contribution in [0.2, 0.25) is 0 Å². The number of nitrogens with one attached hydrogen (secondary N) is 1. The molecule has 0 aromatic carbocycles. The summed E-state index contributed by atoms with van der Waals surface area (Å²) in [5.74, 6) is 0.930. The summed E-state index contributed by atoms with van der Waals surface area (Å²) in [6, 6.07) is 0.685. The second-order valence-electron chi connectivity index (χ2n) is 4.35. The number of ether oxygens (including phenoxy) is 1. The lowest BCUT2D eigenvalue weighted by atomic mass is 9.80. The molecule has 0 spiro atoms. The first-order chi connectivity index (χ1) is 6.20. The van der Waals surface area contributed by atoms with Crippen molar-refractivity contribution < 1.29 is 4.74 Å². The lowest BCUT2D eigenvalue weighted by molar-refractivity contribution is 0.0769. The second-order valence-corrected chi connectivity index (χ2v) is 4.35. The normalized spacial score (nSPS) is 20.3. The molecular weight excluding hydrogens is 162 g/mol. The molecule has 13 heavy (non-hydrogen) atoms. The minimum atomic E-state index is 0.362. The number of rotatable bonds is 6. The Morgan fingerprint density at radius 1 is 1.31 bits per heavy atom. The second kappa shape index (κ2) is 5.61. The molecule has 1 aliphatic rings. The van der Waals surface area contributed by atoms with Crippen LogP contribution in [0.1, 0.15) is 40.0 Å². The standard InChI is InChI=1S/C11H23NO/c1-9(2)13-8-7-12-10(3)11-5-4-6-11/h9-12H,4-8H2,1-3H3. The molecular formula is C11H23NO. The van der Waals surface area contributed by atoms with Gasteiger partial charge in [-0.25, -0.2) is 0 Å². The molecule has 0 saturated heterocycles. The molecule has 0 radical (unpaired) electrons. The van der Waals surface area contributed by atoms with Crippen LogP contribution >= 0.6 is 0 Å². The van der Waals surface area contributed by atoms with Crippen LogP contribution in [-0.4, -0.2) is 25.3 Å². The Hall–Kier alpha value is -0.0800. The molecule has 1 fully saturated rings. The van der Waals surface area contributed by atoms with Crippen molar-refractivity contribution in [3.63, 3.8) is 0 Å². The van der Waals surface area contributed by atoms with Crippen molar-refractivity contribution in [1.29, 1.82) is 0 Å². The van der Waals surface area contributed by atoms with Crippen LogP contribution < -0.4 is 5.32 Å². The third-order valence-corrected chi connectivity index (χ3v) is 2.88. The van der Waals surface area contributed by atoms with E-state index in [2.05, 4.69) is 26.1 Å². The fraction of sp³-hybridized carbons (Fsp3) is 1.00. The van der Waals surface area contributed by atoms with Crippen molar-refractivity contribution in [2.75, 3.05) is 13.2 Å². The molecule has 1 atom stereocenters. The lowest BCUT2D eigenvalue weighted by Crippen LogP contribution is -2.38. The predicted molar refractivity (Wildman–Crippen MR) is 55.9 cm³/mol. The van der Waals surface area contributed by atoms with Gasteiger partial charge < -0.3 is 10.1 Å². The monoisotopic (exact) mass is 185 g/mol. The van der Waals surface area contributed by atoms with Gasteiger partial charge in [-0.1, -0.05) is 6.42 Å². The van der Waals surface area contributed by atoms with Gasteiger partial charge in [-0.2, -0.15) is 0 Å². The van der Waals surface area contributed by atoms with Gasteiger partial charge >= 0.3 is 0 Å². The molecule has 1 aliphatic carbocycles. The molecule has 0 bridgehead atoms. The summed E-state index contributed by atoms with van der Waals surface area (Å²) in [6.45, 7) is 8.29. The maximum absolute atomic E-state index is 5.46. The van der Waals surface area contributed by atoms with E-state index in [0.29, 0.717) is 12.1 Å². The van der Waals surface area contributed by atoms with Crippen LogP contribution in [0.3, 0.4) is 0 Å². The molecule has 2 nitrogen and oxygen atoms in total. The van der Waals surface area contributed by atoms with Crippen LogP contribution in [-0.2, 0) is 4.74 Å². The summed E-state index contributed by atoms with van der Waals surface area (Å²) in [5.41, 5.74) is 0. The average Bonchev–Trinajstić information content (AvgIpc) is 1.94. The van der Waals surface area contributed by atoms with Crippen LogP contribution in [0.4, 0.5) is 0 Å². The van der Waals surface area contributed by atoms with Gasteiger partial charge in [0.25, 0.3) is 0 Å². The summed E-state index contributed by atoms with van der Waals surface area (Å²) in [4.78, 5) is 0. The van der Waals surface area contributed by atoms with Crippen LogP contribution in [0, 0.1) is 5.92 Å². The van der Waals surface area contributed by atoms with Gasteiger partial charge in [0.2, 0.25) is 0 Å². The van der Waals surface area contributed by atoms with E-state index < -0.39 is 0 Å². The fourth-order valence-electron chi connectivity index (χ4n) is 1.69. The molecule has 1 unspecified atom stereocenters. The zero-order valence-corrected chi connectivity index (χ0v) is 9.18. The van der Waals surface area contributed by atoms with Gasteiger partial charge in [-0.3, -0.25) is 0 Å². The SMILES string of the molecule is CC(C)OCCNC(C)C1CCC1. The van der Waals surface area contributed by atoms with E-state index in [1.165, 1.54) is 19.3 Å². The average molecular weight is 185 g/mol. The zero-order valence-electron chi connectivity index (χ0n) is 9.18. The Balaban J connectivity index is 1.92. The van der Waals surface area contributed by atoms with Gasteiger partial charge in [-0.05, 0) is 39.5 Å². The first-order valence-electron chi connectivity index (χ1n) is 5.55. The third kappa shape index (κ3) is 4.10. The molecule has 0 aromatic rings. The van der Waals surface area contributed by atoms with Crippen molar-refractivity contribution in [2.24, 2.45) is 5.92 Å². The maximum atomic E-state index is 5.46. The van der Waals surface area contributed by atoms with Crippen LogP contribution in [0.25, 0.3) is 0 Å². The van der Waals surface area contributed by atoms with Crippen molar-refractivity contribution in [3.8, 4) is 0 Å². The maximum Gasteiger partial charge on any atom is 0.0594 e. The fourth-order valence-corrected chi connectivity index (χ4v) is 1.69. The minimum absolute atomic E-state index is 0.362. The lowest BCUT2D eigenvalue weighted by Gasteiger charge is -2.32. The molecule has 1 saturated carbocycles. The van der Waals surface area contributed by atoms with Crippen LogP contribution in [0.15, 0.2) is 0 Å². The third-order valence-electron chi connectivity index (χ3n) is 2.88. The molecule has 0 amide bonds. The highest BCUT2D eigenvalue weighted by atomic mass is 16.5. The van der Waals surface area contributed by atoms with Crippen molar-refractivity contribution in [3.05, 3.63) is 0 Å². The van der Waals surface area contributed by atoms with E-state index >= 15 is 0 Å². The quantitative estimate of drug-likeness (QED) is 0.640. The summed E-state index contributed by atoms with van der Waals surface area (Å²) in [6.07, 6.45) is 4.62. The molecule has 2 heteroatoms. The van der Waals surface area contributed by atoms with Gasteiger partial charge in [0.15, 0.2) is 0 Å². The number of hydrogen-bond acceptors (Lipinski definition) is 2. The smallest absolute Gasteiger partial charge is 0.0594 e. The van der Waals surface area contributed by atoms with E-state index in [1.54, 1.807) is 0 Å². The summed E-state index contributed by atoms with van der Waals surface area (Å²) in [7, 11) is 0. The zero-order chi connectivity index (χ0) is 9.68. The predicted octanol–water partition coefficient (Wildman–Crippen LogP) is 2.19. The molecule has 1 rings (SSSR count). The Bertz CT molecular complexity index is 132. The van der Waals surface area contributed by atoms with E-state index in [-0.39, 0.29) is 0 Å². The van der Waals surface area contributed by atoms with Crippen LogP contribution in [0.5, 0.6) is 0 Å². The summed E-state index contributed by atoms with van der Waals surface area (Å²) >= 11 is 0. The Labute approximate surface area is 82.0 Å². The van der Waals surface area contributed by atoms with Crippen molar-refractivity contribution >= 4 is 0 Å². The van der Waals surface area contributed by atoms with Gasteiger partial charge in [0, 0.05) is 12.6 Å².